The Morgan fingerprint density at radius 3 is 2.71 bits per heavy atom. The van der Waals surface area contributed by atoms with Gasteiger partial charge in [0.05, 0.1) is 36.4 Å². The fraction of sp³-hybridized carbons (Fsp3) is 0.545. The van der Waals surface area contributed by atoms with Crippen molar-refractivity contribution < 1.29 is 17.9 Å². The van der Waals surface area contributed by atoms with Crippen molar-refractivity contribution in [3.8, 4) is 0 Å². The molecule has 1 aliphatic rings. The smallest absolute Gasteiger partial charge is 0.239 e. The average Bonchev–Trinajstić information content (AvgIpc) is 3.27. The van der Waals surface area contributed by atoms with E-state index >= 15 is 0 Å². The Kier molecular flexibility index (Phi) is 7.85. The van der Waals surface area contributed by atoms with E-state index in [4.69, 9.17) is 4.74 Å². The molecule has 31 heavy (non-hydrogen) atoms. The van der Waals surface area contributed by atoms with Crippen LogP contribution in [0.3, 0.4) is 0 Å². The molecule has 2 heterocycles. The first-order valence-electron chi connectivity index (χ1n) is 10.6. The van der Waals surface area contributed by atoms with E-state index in [1.807, 2.05) is 32.0 Å². The molecule has 1 fully saturated rings. The van der Waals surface area contributed by atoms with Gasteiger partial charge in [-0.25, -0.2) is 13.1 Å². The summed E-state index contributed by atoms with van der Waals surface area (Å²) in [7, 11) is -1.38. The van der Waals surface area contributed by atoms with Gasteiger partial charge in [0.25, 0.3) is 0 Å². The van der Waals surface area contributed by atoms with Crippen LogP contribution < -0.4 is 5.32 Å². The van der Waals surface area contributed by atoms with Gasteiger partial charge in [-0.2, -0.15) is 5.10 Å². The van der Waals surface area contributed by atoms with Gasteiger partial charge in [0, 0.05) is 19.2 Å². The number of benzene rings is 1. The fourth-order valence-electron chi connectivity index (χ4n) is 4.09. The van der Waals surface area contributed by atoms with Gasteiger partial charge in [-0.1, -0.05) is 37.3 Å². The fourth-order valence-corrected chi connectivity index (χ4v) is 5.79. The third kappa shape index (κ3) is 6.38. The lowest BCUT2D eigenvalue weighted by molar-refractivity contribution is -0.118. The third-order valence-electron chi connectivity index (χ3n) is 5.62. The van der Waals surface area contributed by atoms with Crippen molar-refractivity contribution in [2.75, 3.05) is 43.6 Å². The van der Waals surface area contributed by atoms with Gasteiger partial charge in [-0.3, -0.25) is 9.69 Å². The molecule has 0 aliphatic carbocycles. The number of rotatable bonds is 10. The molecule has 1 aromatic heterocycles. The minimum absolute atomic E-state index is 0.0606. The highest BCUT2D eigenvalue weighted by atomic mass is 32.2. The lowest BCUT2D eigenvalue weighted by atomic mass is 10.1. The molecular formula is C22H32N4O4S. The largest absolute Gasteiger partial charge is 0.383 e. The minimum atomic E-state index is -3.05. The molecule has 0 spiro atoms. The van der Waals surface area contributed by atoms with E-state index in [2.05, 4.69) is 27.4 Å². The van der Waals surface area contributed by atoms with E-state index in [-0.39, 0.29) is 36.0 Å². The highest BCUT2D eigenvalue weighted by Crippen LogP contribution is 2.27. The van der Waals surface area contributed by atoms with Crippen molar-refractivity contribution in [2.24, 2.45) is 0 Å². The van der Waals surface area contributed by atoms with Gasteiger partial charge < -0.3 is 10.1 Å². The standard InChI is InChI=1S/C22H32N4O4S/c1-4-25(20(15-30-3)13-18-8-6-5-7-9-18)14-22(27)23-21-12-17(2)24-26(21)19-10-11-31(28,29)16-19/h5-9,12,19-20H,4,10-11,13-16H2,1-3H3,(H,23,27)/t19-,20-/m0/s1. The van der Waals surface area contributed by atoms with Crippen LogP contribution in [0.4, 0.5) is 5.82 Å². The van der Waals surface area contributed by atoms with Crippen molar-refractivity contribution in [1.82, 2.24) is 14.7 Å². The third-order valence-corrected chi connectivity index (χ3v) is 7.37. The van der Waals surface area contributed by atoms with E-state index in [1.54, 1.807) is 17.9 Å². The first-order valence-corrected chi connectivity index (χ1v) is 12.5. The normalized spacial score (nSPS) is 18.9. The van der Waals surface area contributed by atoms with Crippen LogP contribution in [0.15, 0.2) is 36.4 Å². The summed E-state index contributed by atoms with van der Waals surface area (Å²) in [6.07, 6.45) is 1.30. The summed E-state index contributed by atoms with van der Waals surface area (Å²) < 4.78 is 30.8. The zero-order valence-electron chi connectivity index (χ0n) is 18.5. The number of methoxy groups -OCH3 is 1. The molecule has 2 atom stereocenters. The van der Waals surface area contributed by atoms with E-state index in [1.165, 1.54) is 5.56 Å². The van der Waals surface area contributed by atoms with Gasteiger partial charge in [0.15, 0.2) is 9.84 Å². The number of ether oxygens (including phenoxy) is 1. The topological polar surface area (TPSA) is 93.5 Å². The Bertz CT molecular complexity index is 975. The van der Waals surface area contributed by atoms with Crippen molar-refractivity contribution in [3.05, 3.63) is 47.7 Å². The van der Waals surface area contributed by atoms with E-state index in [0.717, 1.165) is 12.1 Å². The number of hydrogen-bond acceptors (Lipinski definition) is 6. The summed E-state index contributed by atoms with van der Waals surface area (Å²) in [6.45, 7) is 5.30. The molecular weight excluding hydrogens is 416 g/mol. The van der Waals surface area contributed by atoms with E-state index in [0.29, 0.717) is 25.4 Å². The van der Waals surface area contributed by atoms with E-state index < -0.39 is 9.84 Å². The van der Waals surface area contributed by atoms with Crippen LogP contribution in [-0.4, -0.2) is 73.4 Å². The van der Waals surface area contributed by atoms with Gasteiger partial charge in [-0.05, 0) is 31.9 Å². The highest BCUT2D eigenvalue weighted by molar-refractivity contribution is 7.91. The molecule has 0 unspecified atom stereocenters. The van der Waals surface area contributed by atoms with Gasteiger partial charge in [-0.15, -0.1) is 0 Å². The number of sulfone groups is 1. The number of carbonyl (C=O) groups excluding carboxylic acids is 1. The molecule has 0 saturated carbocycles. The zero-order valence-corrected chi connectivity index (χ0v) is 19.3. The maximum absolute atomic E-state index is 12.9. The zero-order chi connectivity index (χ0) is 22.4. The Morgan fingerprint density at radius 2 is 2.10 bits per heavy atom. The van der Waals surface area contributed by atoms with Crippen molar-refractivity contribution >= 4 is 21.6 Å². The SMILES string of the molecule is CCN(CC(=O)Nc1cc(C)nn1[C@H]1CCS(=O)(=O)C1)[C@H](COC)Cc1ccccc1. The number of amides is 1. The number of nitrogens with one attached hydrogen (secondary N) is 1. The molecule has 3 rings (SSSR count). The van der Waals surface area contributed by atoms with Gasteiger partial charge in [0.2, 0.25) is 5.91 Å². The number of likely N-dealkylation sites (N-methyl/N-ethyl adjacent to an activating group) is 1. The second-order valence-electron chi connectivity index (χ2n) is 8.08. The molecule has 1 aromatic carbocycles. The first kappa shape index (κ1) is 23.4. The first-order chi connectivity index (χ1) is 14.8. The lowest BCUT2D eigenvalue weighted by Crippen LogP contribution is -2.44. The quantitative estimate of drug-likeness (QED) is 0.598. The van der Waals surface area contributed by atoms with Crippen molar-refractivity contribution in [1.29, 1.82) is 0 Å². The van der Waals surface area contributed by atoms with Crippen LogP contribution in [0.1, 0.15) is 30.6 Å². The minimum Gasteiger partial charge on any atom is -0.383 e. The van der Waals surface area contributed by atoms with Crippen LogP contribution in [0.2, 0.25) is 0 Å². The maximum Gasteiger partial charge on any atom is 0.239 e. The molecule has 1 N–H and O–H groups in total. The average molecular weight is 449 g/mol. The number of hydrogen-bond donors (Lipinski definition) is 1. The number of aryl methyl sites for hydroxylation is 1. The number of carbonyl (C=O) groups is 1. The molecule has 0 bridgehead atoms. The second kappa shape index (κ2) is 10.4. The van der Waals surface area contributed by atoms with Gasteiger partial charge >= 0.3 is 0 Å². The predicted molar refractivity (Wildman–Crippen MR) is 121 cm³/mol. The van der Waals surface area contributed by atoms with Crippen LogP contribution in [0.25, 0.3) is 0 Å². The molecule has 9 heteroatoms. The van der Waals surface area contributed by atoms with Crippen LogP contribution >= 0.6 is 0 Å². The van der Waals surface area contributed by atoms with Crippen molar-refractivity contribution in [3.63, 3.8) is 0 Å². The summed E-state index contributed by atoms with van der Waals surface area (Å²) in [5.74, 6) is 0.613. The Morgan fingerprint density at radius 1 is 1.35 bits per heavy atom. The van der Waals surface area contributed by atoms with Crippen LogP contribution in [0, 0.1) is 6.92 Å². The summed E-state index contributed by atoms with van der Waals surface area (Å²) in [5, 5.41) is 7.38. The molecule has 0 radical (unpaired) electrons. The molecule has 8 nitrogen and oxygen atoms in total. The number of nitrogens with zero attached hydrogens (tertiary/aromatic N) is 3. The summed E-state index contributed by atoms with van der Waals surface area (Å²) in [6, 6.07) is 11.8. The Balaban J connectivity index is 1.68. The number of anilines is 1. The van der Waals surface area contributed by atoms with Crippen LogP contribution in [-0.2, 0) is 25.8 Å². The Labute approximate surface area is 184 Å². The highest BCUT2D eigenvalue weighted by Gasteiger charge is 2.31. The molecule has 2 aromatic rings. The summed E-state index contributed by atoms with van der Waals surface area (Å²) in [4.78, 5) is 15.0. The van der Waals surface area contributed by atoms with Gasteiger partial charge in [0.1, 0.15) is 5.82 Å². The van der Waals surface area contributed by atoms with E-state index in [9.17, 15) is 13.2 Å². The molecule has 1 amide bonds. The summed E-state index contributed by atoms with van der Waals surface area (Å²) >= 11 is 0. The lowest BCUT2D eigenvalue weighted by Gasteiger charge is -2.30. The predicted octanol–water partition coefficient (Wildman–Crippen LogP) is 2.07. The molecule has 1 saturated heterocycles. The number of aromatic nitrogens is 2. The molecule has 1 aliphatic heterocycles. The monoisotopic (exact) mass is 448 g/mol. The van der Waals surface area contributed by atoms with Crippen LogP contribution in [0.5, 0.6) is 0 Å². The van der Waals surface area contributed by atoms with Crippen molar-refractivity contribution in [2.45, 2.75) is 38.8 Å². The summed E-state index contributed by atoms with van der Waals surface area (Å²) in [5.41, 5.74) is 1.94. The maximum atomic E-state index is 12.9. The second-order valence-corrected chi connectivity index (χ2v) is 10.3. The molecule has 170 valence electrons. The Hall–Kier alpha value is -2.23.